The summed E-state index contributed by atoms with van der Waals surface area (Å²) in [5.74, 6) is 0. The first-order valence-corrected chi connectivity index (χ1v) is 0. The second-order valence-corrected chi connectivity index (χ2v) is 0. The van der Waals surface area contributed by atoms with Crippen molar-refractivity contribution in [3.63, 3.8) is 0 Å². The van der Waals surface area contributed by atoms with E-state index >= 15 is 0 Å². The predicted octanol–water partition coefficient (Wildman–Crippen LogP) is -3.67. The monoisotopic (exact) mass is 935 g/mol. The molecule has 0 aromatic rings. The molecule has 1 atom stereocenters. The van der Waals surface area contributed by atoms with E-state index in [1.165, 1.54) is 0 Å². The summed E-state index contributed by atoms with van der Waals surface area (Å²) in [6, 6.07) is 0. The van der Waals surface area contributed by atoms with Crippen LogP contribution in [0.5, 0.6) is 0 Å². The third-order valence-electron chi connectivity index (χ3n) is 0. The molecule has 3 radical (unpaired) electrons. The molecule has 0 aliphatic rings. The van der Waals surface area contributed by atoms with Gasteiger partial charge < -0.3 is 0 Å². The molecule has 7 heteroatoms. The molecule has 28 valence electrons. The second-order valence-electron chi connectivity index (χ2n) is 0. The van der Waals surface area contributed by atoms with Crippen LogP contribution in [-0.4, -0.2) is 82.7 Å². The van der Waals surface area contributed by atoms with Crippen LogP contribution in [0, 0.1) is 0 Å². The zero-order chi connectivity index (χ0) is 0. The molecule has 0 spiro atoms. The number of hydrogen-bond acceptors (Lipinski definition) is 0. The first kappa shape index (κ1) is 55.6. The van der Waals surface area contributed by atoms with Crippen molar-refractivity contribution in [3.8, 4) is 0 Å². The van der Waals surface area contributed by atoms with Gasteiger partial charge in [0.15, 0.2) is 0 Å². The fourth-order valence-corrected chi connectivity index (χ4v) is 0. The fourth-order valence-electron chi connectivity index (χ4n) is 0. The molecule has 0 nitrogen and oxygen atoms in total. The Balaban J connectivity index is 0. The van der Waals surface area contributed by atoms with Gasteiger partial charge in [-0.15, -0.1) is 0 Å². The molecule has 0 amide bonds. The van der Waals surface area contributed by atoms with E-state index < -0.39 is 0 Å². The quantitative estimate of drug-likeness (QED) is 0.220. The Labute approximate surface area is 161 Å². The van der Waals surface area contributed by atoms with Crippen LogP contribution in [0.1, 0.15) is 0 Å². The molecule has 0 saturated carbocycles. The van der Waals surface area contributed by atoms with Crippen molar-refractivity contribution in [1.82, 2.24) is 0 Å². The van der Waals surface area contributed by atoms with E-state index in [0.29, 0.717) is 0 Å². The van der Waals surface area contributed by atoms with Crippen LogP contribution in [0.4, 0.5) is 0 Å². The average Bonchev–Trinajstić information content (AvgIpc) is 0. The van der Waals surface area contributed by atoms with E-state index in [1.54, 1.807) is 0 Å². The van der Waals surface area contributed by atoms with Crippen molar-refractivity contribution < 1.29 is 82.3 Å². The van der Waals surface area contributed by atoms with Crippen LogP contribution in [0.3, 0.4) is 0 Å². The summed E-state index contributed by atoms with van der Waals surface area (Å²) >= 11 is 0. The zero-order valence-corrected chi connectivity index (χ0v) is 31.8. The summed E-state index contributed by atoms with van der Waals surface area (Å²) < 4.78 is 0. The van der Waals surface area contributed by atoms with Gasteiger partial charge in [0.1, 0.15) is 0 Å². The fraction of sp³-hybridized carbons (Fsp3) is 0. The van der Waals surface area contributed by atoms with E-state index in [2.05, 4.69) is 0 Å². The first-order valence-electron chi connectivity index (χ1n) is 0. The number of hydrogen-bond donors (Lipinski definition) is 0. The molecule has 0 aromatic heterocycles. The van der Waals surface area contributed by atoms with E-state index in [9.17, 15) is 0 Å². The van der Waals surface area contributed by atoms with Crippen LogP contribution in [0.25, 0.3) is 0 Å². The molecule has 0 fully saturated rings. The van der Waals surface area contributed by atoms with Crippen molar-refractivity contribution in [1.29, 1.82) is 0 Å². The normalized spacial score (nSPS) is 0. The third-order valence-corrected chi connectivity index (χ3v) is 0. The average molecular weight is 929 g/mol. The molecule has 0 rings (SSSR count). The van der Waals surface area contributed by atoms with Crippen molar-refractivity contribution in [2.75, 3.05) is 0 Å². The van der Waals surface area contributed by atoms with Crippen LogP contribution in [0.2, 0.25) is 0 Å². The van der Waals surface area contributed by atoms with E-state index in [4.69, 9.17) is 0 Å². The molecule has 1 unspecified atom stereocenters. The van der Waals surface area contributed by atoms with Gasteiger partial charge in [0, 0.05) is 82.3 Å². The maximum absolute atomic E-state index is 0. The van der Waals surface area contributed by atoms with Gasteiger partial charge in [-0.05, 0) is 0 Å². The van der Waals surface area contributed by atoms with E-state index in [1.807, 2.05) is 0 Å². The Morgan fingerprint density at radius 1 is 0.857 bits per heavy atom. The second kappa shape index (κ2) is 42.5. The Morgan fingerprint density at radius 3 is 0.857 bits per heavy atom. The summed E-state index contributed by atoms with van der Waals surface area (Å²) in [6.45, 7) is 0. The van der Waals surface area contributed by atoms with Gasteiger partial charge in [-0.25, -0.2) is 0 Å². The Hall–Kier alpha value is 5.35. The molecule has 0 heterocycles. The SMILES string of the molecule is [AsH3].[BeH2].[Cd].[Cd].[Hg].[PbH2].[TlH]. The molecule has 0 aliphatic heterocycles. The summed E-state index contributed by atoms with van der Waals surface area (Å²) in [7, 11) is 0. The standard InChI is InChI=1S/AsH3.Be.2Cd.Hg.Pb.Tl.5H/h1H3;;;;;;;;;;;. The minimum absolute atomic E-state index is 0. The summed E-state index contributed by atoms with van der Waals surface area (Å²) in [5.41, 5.74) is 0. The van der Waals surface area contributed by atoms with Gasteiger partial charge in [-0.1, -0.05) is 0 Å². The molecule has 0 saturated heterocycles. The third kappa shape index (κ3) is 34.7. The van der Waals surface area contributed by atoms with Crippen LogP contribution in [0.15, 0.2) is 0 Å². The molecule has 0 aromatic carbocycles. The van der Waals surface area contributed by atoms with E-state index in [0.717, 1.165) is 0 Å². The van der Waals surface area contributed by atoms with Gasteiger partial charge in [0.2, 0.25) is 0 Å². The van der Waals surface area contributed by atoms with Crippen molar-refractivity contribution in [2.45, 2.75) is 0 Å². The molecular formula is H8AsBeCd2HgPbTl. The Bertz CT molecular complexity index is 17.7. The summed E-state index contributed by atoms with van der Waals surface area (Å²) in [6.07, 6.45) is 0. The maximum atomic E-state index is 0. The van der Waals surface area contributed by atoms with Crippen LogP contribution < -0.4 is 0 Å². The predicted molar refractivity (Wildman–Crippen MR) is 34.2 cm³/mol. The van der Waals surface area contributed by atoms with Gasteiger partial charge >= 0.3 is 82.7 Å². The Morgan fingerprint density at radius 2 is 0.857 bits per heavy atom. The van der Waals surface area contributed by atoms with Crippen molar-refractivity contribution in [3.05, 3.63) is 0 Å². The van der Waals surface area contributed by atoms with Crippen LogP contribution >= 0.6 is 0 Å². The van der Waals surface area contributed by atoms with Gasteiger partial charge in [-0.2, -0.15) is 0 Å². The van der Waals surface area contributed by atoms with Gasteiger partial charge in [-0.3, -0.25) is 0 Å². The summed E-state index contributed by atoms with van der Waals surface area (Å²) in [4.78, 5) is 0. The molecule has 0 bridgehead atoms. The first-order chi connectivity index (χ1) is 0. The van der Waals surface area contributed by atoms with Gasteiger partial charge in [0.25, 0.3) is 0 Å². The summed E-state index contributed by atoms with van der Waals surface area (Å²) in [5, 5.41) is 0. The van der Waals surface area contributed by atoms with Crippen LogP contribution in [-0.2, 0) is 82.3 Å². The topological polar surface area (TPSA) is 0 Å². The molecular weight excluding hydrogens is 921 g/mol. The van der Waals surface area contributed by atoms with Gasteiger partial charge in [0.05, 0.1) is 0 Å². The molecule has 0 aliphatic carbocycles. The Kier molecular flexibility index (Phi) is 337. The van der Waals surface area contributed by atoms with E-state index in [-0.39, 0.29) is 165 Å². The molecule has 7 heavy (non-hydrogen) atoms. The minimum atomic E-state index is 0. The zero-order valence-electron chi connectivity index (χ0n) is 4.24. The van der Waals surface area contributed by atoms with Crippen molar-refractivity contribution >= 4 is 82.7 Å². The number of rotatable bonds is 0. The molecule has 0 N–H and O–H groups in total. The van der Waals surface area contributed by atoms with Crippen molar-refractivity contribution in [2.24, 2.45) is 0 Å².